The summed E-state index contributed by atoms with van der Waals surface area (Å²) in [6.07, 6.45) is 2.11. The predicted molar refractivity (Wildman–Crippen MR) is 62.3 cm³/mol. The summed E-state index contributed by atoms with van der Waals surface area (Å²) in [5, 5.41) is 10.6. The third-order valence-electron chi connectivity index (χ3n) is 3.24. The molecule has 6 heteroatoms. The largest absolute Gasteiger partial charge is 0.466 e. The van der Waals surface area contributed by atoms with Crippen LogP contribution in [0.25, 0.3) is 0 Å². The highest BCUT2D eigenvalue weighted by molar-refractivity contribution is 5.69. The Morgan fingerprint density at radius 2 is 2.35 bits per heavy atom. The van der Waals surface area contributed by atoms with Crippen LogP contribution in [0.1, 0.15) is 26.2 Å². The fraction of sp³-hybridized carbons (Fsp3) is 0.909. The van der Waals surface area contributed by atoms with Crippen LogP contribution in [0.4, 0.5) is 0 Å². The Morgan fingerprint density at radius 3 is 2.82 bits per heavy atom. The van der Waals surface area contributed by atoms with Gasteiger partial charge in [0.15, 0.2) is 0 Å². The number of nitrogens with zero attached hydrogens (tertiary/aromatic N) is 2. The van der Waals surface area contributed by atoms with E-state index in [1.165, 1.54) is 0 Å². The number of carbonyl (C=O) groups excluding carboxylic acids is 1. The van der Waals surface area contributed by atoms with E-state index in [9.17, 15) is 14.9 Å². The molecule has 1 aliphatic rings. The molecule has 98 valence electrons. The zero-order valence-electron chi connectivity index (χ0n) is 10.4. The molecule has 1 fully saturated rings. The molecule has 1 saturated heterocycles. The summed E-state index contributed by atoms with van der Waals surface area (Å²) in [7, 11) is 1.95. The Balaban J connectivity index is 2.59. The van der Waals surface area contributed by atoms with Crippen molar-refractivity contribution < 1.29 is 14.5 Å². The van der Waals surface area contributed by atoms with Crippen molar-refractivity contribution in [2.24, 2.45) is 5.92 Å². The molecule has 0 aromatic carbocycles. The van der Waals surface area contributed by atoms with Crippen molar-refractivity contribution in [3.63, 3.8) is 0 Å². The van der Waals surface area contributed by atoms with Crippen LogP contribution in [0, 0.1) is 16.0 Å². The average Bonchev–Trinajstić information content (AvgIpc) is 2.63. The Bertz CT molecular complexity index is 283. The van der Waals surface area contributed by atoms with E-state index in [1.54, 1.807) is 6.92 Å². The van der Waals surface area contributed by atoms with Crippen LogP contribution in [-0.4, -0.2) is 48.6 Å². The van der Waals surface area contributed by atoms with Gasteiger partial charge in [-0.15, -0.1) is 0 Å². The Morgan fingerprint density at radius 1 is 1.65 bits per heavy atom. The number of likely N-dealkylation sites (tertiary alicyclic amines) is 1. The third kappa shape index (κ3) is 4.30. The smallest absolute Gasteiger partial charge is 0.306 e. The van der Waals surface area contributed by atoms with E-state index in [4.69, 9.17) is 4.74 Å². The molecule has 2 atom stereocenters. The average molecular weight is 244 g/mol. The molecule has 0 aromatic rings. The molecule has 0 aliphatic carbocycles. The first-order valence-corrected chi connectivity index (χ1v) is 6.02. The molecule has 17 heavy (non-hydrogen) atoms. The molecule has 1 heterocycles. The van der Waals surface area contributed by atoms with Gasteiger partial charge in [-0.25, -0.2) is 0 Å². The van der Waals surface area contributed by atoms with Crippen LogP contribution in [0.3, 0.4) is 0 Å². The van der Waals surface area contributed by atoms with E-state index in [-0.39, 0.29) is 35.8 Å². The fourth-order valence-electron chi connectivity index (χ4n) is 2.48. The molecule has 1 unspecified atom stereocenters. The summed E-state index contributed by atoms with van der Waals surface area (Å²) >= 11 is 0. The molecular formula is C11H20N2O4. The first kappa shape index (κ1) is 13.9. The maximum absolute atomic E-state index is 11.4. The minimum atomic E-state index is -0.337. The monoisotopic (exact) mass is 244 g/mol. The van der Waals surface area contributed by atoms with Crippen molar-refractivity contribution >= 4 is 5.97 Å². The number of hydrogen-bond acceptors (Lipinski definition) is 5. The van der Waals surface area contributed by atoms with Crippen molar-refractivity contribution in [2.75, 3.05) is 26.7 Å². The molecule has 0 aromatic heterocycles. The second-order valence-electron chi connectivity index (χ2n) is 4.47. The number of hydrogen-bond donors (Lipinski definition) is 0. The van der Waals surface area contributed by atoms with E-state index in [2.05, 4.69) is 4.90 Å². The number of ether oxygens (including phenoxy) is 1. The van der Waals surface area contributed by atoms with Crippen molar-refractivity contribution in [1.29, 1.82) is 0 Å². The second kappa shape index (κ2) is 6.54. The number of rotatable bonds is 6. The van der Waals surface area contributed by atoms with Gasteiger partial charge in [0.2, 0.25) is 6.54 Å². The minimum absolute atomic E-state index is 0.129. The van der Waals surface area contributed by atoms with E-state index in [1.807, 2.05) is 7.05 Å². The molecule has 0 radical (unpaired) electrons. The lowest BCUT2D eigenvalue weighted by molar-refractivity contribution is -0.489. The standard InChI is InChI=1S/C11H20N2O4/c1-3-17-11(14)7-9(8-13(15)16)10-5-4-6-12(10)2/h9-10H,3-8H2,1-2H3/t9?,10-/m0/s1. The second-order valence-corrected chi connectivity index (χ2v) is 4.47. The third-order valence-corrected chi connectivity index (χ3v) is 3.24. The fourth-order valence-corrected chi connectivity index (χ4v) is 2.48. The molecule has 0 spiro atoms. The van der Waals surface area contributed by atoms with Crippen molar-refractivity contribution in [2.45, 2.75) is 32.2 Å². The number of carbonyl (C=O) groups is 1. The maximum Gasteiger partial charge on any atom is 0.306 e. The lowest BCUT2D eigenvalue weighted by atomic mass is 9.94. The number of nitro groups is 1. The first-order valence-electron chi connectivity index (χ1n) is 6.02. The summed E-state index contributed by atoms with van der Waals surface area (Å²) in [4.78, 5) is 23.8. The molecule has 0 bridgehead atoms. The van der Waals surface area contributed by atoms with Crippen LogP contribution in [0.2, 0.25) is 0 Å². The molecular weight excluding hydrogens is 224 g/mol. The zero-order valence-corrected chi connectivity index (χ0v) is 10.4. The molecule has 0 N–H and O–H groups in total. The van der Waals surface area contributed by atoms with Crippen LogP contribution in [-0.2, 0) is 9.53 Å². The summed E-state index contributed by atoms with van der Waals surface area (Å²) in [5.74, 6) is -0.573. The normalized spacial score (nSPS) is 22.4. The maximum atomic E-state index is 11.4. The zero-order chi connectivity index (χ0) is 12.8. The van der Waals surface area contributed by atoms with Crippen molar-refractivity contribution in [1.82, 2.24) is 4.90 Å². The van der Waals surface area contributed by atoms with Crippen LogP contribution < -0.4 is 0 Å². The highest BCUT2D eigenvalue weighted by Crippen LogP contribution is 2.25. The summed E-state index contributed by atoms with van der Waals surface area (Å²) < 4.78 is 4.87. The van der Waals surface area contributed by atoms with E-state index < -0.39 is 0 Å². The van der Waals surface area contributed by atoms with Crippen LogP contribution in [0.15, 0.2) is 0 Å². The van der Waals surface area contributed by atoms with Gasteiger partial charge in [0.25, 0.3) is 0 Å². The number of esters is 1. The van der Waals surface area contributed by atoms with Crippen LogP contribution >= 0.6 is 0 Å². The predicted octanol–water partition coefficient (Wildman–Crippen LogP) is 0.927. The van der Waals surface area contributed by atoms with E-state index in [0.717, 1.165) is 19.4 Å². The Kier molecular flexibility index (Phi) is 5.34. The van der Waals surface area contributed by atoms with Gasteiger partial charge in [0, 0.05) is 16.9 Å². The molecule has 1 rings (SSSR count). The van der Waals surface area contributed by atoms with Crippen LogP contribution in [0.5, 0.6) is 0 Å². The van der Waals surface area contributed by atoms with Gasteiger partial charge >= 0.3 is 5.97 Å². The van der Waals surface area contributed by atoms with Gasteiger partial charge in [-0.3, -0.25) is 14.9 Å². The quantitative estimate of drug-likeness (QED) is 0.395. The summed E-state index contributed by atoms with van der Waals surface area (Å²) in [5.41, 5.74) is 0. The highest BCUT2D eigenvalue weighted by Gasteiger charge is 2.34. The van der Waals surface area contributed by atoms with Crippen molar-refractivity contribution in [3.05, 3.63) is 10.1 Å². The minimum Gasteiger partial charge on any atom is -0.466 e. The Labute approximate surface area is 101 Å². The molecule has 6 nitrogen and oxygen atoms in total. The van der Waals surface area contributed by atoms with Gasteiger partial charge in [-0.05, 0) is 33.4 Å². The molecule has 0 saturated carbocycles. The van der Waals surface area contributed by atoms with E-state index >= 15 is 0 Å². The van der Waals surface area contributed by atoms with Gasteiger partial charge in [0.1, 0.15) is 0 Å². The lowest BCUT2D eigenvalue weighted by Crippen LogP contribution is -2.37. The van der Waals surface area contributed by atoms with E-state index in [0.29, 0.717) is 6.61 Å². The topological polar surface area (TPSA) is 72.7 Å². The first-order chi connectivity index (χ1) is 8.04. The summed E-state index contributed by atoms with van der Waals surface area (Å²) in [6, 6.07) is 0.129. The molecule has 0 amide bonds. The van der Waals surface area contributed by atoms with Gasteiger partial charge in [-0.1, -0.05) is 0 Å². The molecule has 1 aliphatic heterocycles. The van der Waals surface area contributed by atoms with Crippen molar-refractivity contribution in [3.8, 4) is 0 Å². The van der Waals surface area contributed by atoms with Gasteiger partial charge in [0.05, 0.1) is 13.0 Å². The lowest BCUT2D eigenvalue weighted by Gasteiger charge is -2.25. The van der Waals surface area contributed by atoms with Gasteiger partial charge < -0.3 is 9.64 Å². The highest BCUT2D eigenvalue weighted by atomic mass is 16.6. The van der Waals surface area contributed by atoms with Gasteiger partial charge in [-0.2, -0.15) is 0 Å². The SMILES string of the molecule is CCOC(=O)CC(C[N+](=O)[O-])[C@@H]1CCCN1C. The summed E-state index contributed by atoms with van der Waals surface area (Å²) in [6.45, 7) is 2.85. The Hall–Kier alpha value is -1.17.